The number of rotatable bonds is 2. The lowest BCUT2D eigenvalue weighted by Gasteiger charge is -2.14. The number of methoxy groups -OCH3 is 1. The summed E-state index contributed by atoms with van der Waals surface area (Å²) < 4.78 is 5.13. The maximum atomic E-state index is 11.9. The molecule has 0 bridgehead atoms. The van der Waals surface area contributed by atoms with Crippen LogP contribution in [-0.2, 0) is 0 Å². The van der Waals surface area contributed by atoms with Crippen molar-refractivity contribution in [3.8, 4) is 5.75 Å². The van der Waals surface area contributed by atoms with Crippen LogP contribution in [0, 0.1) is 0 Å². The molecule has 1 saturated heterocycles. The van der Waals surface area contributed by atoms with Gasteiger partial charge in [-0.2, -0.15) is 0 Å². The average molecular weight is 211 g/mol. The Morgan fingerprint density at radius 3 is 2.86 bits per heavy atom. The second-order valence-electron chi connectivity index (χ2n) is 3.32. The summed E-state index contributed by atoms with van der Waals surface area (Å²) in [7, 11) is 1.60. The molecule has 0 unspecified atom stereocenters. The number of ether oxygens (including phenoxy) is 1. The fourth-order valence-electron chi connectivity index (χ4n) is 1.68. The zero-order valence-corrected chi connectivity index (χ0v) is 8.97. The second-order valence-corrected chi connectivity index (χ2v) is 4.23. The minimum absolute atomic E-state index is 0.120. The number of thiophene rings is 1. The Bertz CT molecular complexity index is 329. The van der Waals surface area contributed by atoms with Crippen molar-refractivity contribution in [1.82, 2.24) is 4.90 Å². The van der Waals surface area contributed by atoms with Gasteiger partial charge in [0.05, 0.1) is 7.11 Å². The number of hydrogen-bond acceptors (Lipinski definition) is 3. The molecule has 0 aliphatic carbocycles. The maximum Gasteiger partial charge on any atom is 0.267 e. The monoisotopic (exact) mass is 211 g/mol. The summed E-state index contributed by atoms with van der Waals surface area (Å²) in [6.07, 6.45) is 2.25. The highest BCUT2D eigenvalue weighted by molar-refractivity contribution is 7.12. The molecule has 1 amide bonds. The highest BCUT2D eigenvalue weighted by Crippen LogP contribution is 2.27. The summed E-state index contributed by atoms with van der Waals surface area (Å²) in [4.78, 5) is 14.6. The molecule has 0 saturated carbocycles. The van der Waals surface area contributed by atoms with Gasteiger partial charge in [-0.3, -0.25) is 4.79 Å². The highest BCUT2D eigenvalue weighted by atomic mass is 32.1. The van der Waals surface area contributed by atoms with E-state index in [-0.39, 0.29) is 5.91 Å². The molecule has 1 aromatic heterocycles. The van der Waals surface area contributed by atoms with E-state index < -0.39 is 0 Å². The van der Waals surface area contributed by atoms with Crippen LogP contribution in [-0.4, -0.2) is 31.0 Å². The summed E-state index contributed by atoms with van der Waals surface area (Å²) in [5.74, 6) is 0.821. The molecular weight excluding hydrogens is 198 g/mol. The summed E-state index contributed by atoms with van der Waals surface area (Å²) >= 11 is 1.45. The fourth-order valence-corrected chi connectivity index (χ4v) is 2.50. The van der Waals surface area contributed by atoms with E-state index in [1.54, 1.807) is 7.11 Å². The summed E-state index contributed by atoms with van der Waals surface area (Å²) in [5.41, 5.74) is 0. The lowest BCUT2D eigenvalue weighted by atomic mass is 10.4. The summed E-state index contributed by atoms with van der Waals surface area (Å²) in [5, 5.41) is 1.89. The lowest BCUT2D eigenvalue weighted by molar-refractivity contribution is 0.0794. The SMILES string of the molecule is COc1ccsc1C(=O)N1CCCC1. The molecule has 4 heteroatoms. The van der Waals surface area contributed by atoms with E-state index in [2.05, 4.69) is 0 Å². The molecule has 1 fully saturated rings. The molecule has 76 valence electrons. The Morgan fingerprint density at radius 2 is 2.21 bits per heavy atom. The quantitative estimate of drug-likeness (QED) is 0.748. The number of carbonyl (C=O) groups excluding carboxylic acids is 1. The van der Waals surface area contributed by atoms with E-state index in [1.807, 2.05) is 16.3 Å². The zero-order chi connectivity index (χ0) is 9.97. The van der Waals surface area contributed by atoms with Crippen molar-refractivity contribution < 1.29 is 9.53 Å². The van der Waals surface area contributed by atoms with Crippen molar-refractivity contribution in [2.24, 2.45) is 0 Å². The van der Waals surface area contributed by atoms with E-state index >= 15 is 0 Å². The van der Waals surface area contributed by atoms with Gasteiger partial charge in [-0.25, -0.2) is 0 Å². The van der Waals surface area contributed by atoms with Gasteiger partial charge in [-0.05, 0) is 24.3 Å². The van der Waals surface area contributed by atoms with Crippen molar-refractivity contribution in [3.63, 3.8) is 0 Å². The molecule has 14 heavy (non-hydrogen) atoms. The van der Waals surface area contributed by atoms with Crippen LogP contribution in [0.15, 0.2) is 11.4 Å². The third kappa shape index (κ3) is 1.62. The minimum Gasteiger partial charge on any atom is -0.495 e. The number of hydrogen-bond donors (Lipinski definition) is 0. The maximum absolute atomic E-state index is 11.9. The predicted molar refractivity (Wildman–Crippen MR) is 56.0 cm³/mol. The smallest absolute Gasteiger partial charge is 0.267 e. The fraction of sp³-hybridized carbons (Fsp3) is 0.500. The number of likely N-dealkylation sites (tertiary alicyclic amines) is 1. The Hall–Kier alpha value is -1.03. The molecule has 2 heterocycles. The average Bonchev–Trinajstić information content (AvgIpc) is 2.87. The van der Waals surface area contributed by atoms with Gasteiger partial charge in [0.2, 0.25) is 0 Å². The van der Waals surface area contributed by atoms with Gasteiger partial charge in [0, 0.05) is 13.1 Å². The number of nitrogens with zero attached hydrogens (tertiary/aromatic N) is 1. The molecule has 0 radical (unpaired) electrons. The van der Waals surface area contributed by atoms with Crippen LogP contribution in [0.5, 0.6) is 5.75 Å². The van der Waals surface area contributed by atoms with E-state index in [9.17, 15) is 4.79 Å². The first-order valence-electron chi connectivity index (χ1n) is 4.73. The van der Waals surface area contributed by atoms with Gasteiger partial charge < -0.3 is 9.64 Å². The molecule has 0 spiro atoms. The summed E-state index contributed by atoms with van der Waals surface area (Å²) in [6.45, 7) is 1.78. The first-order valence-corrected chi connectivity index (χ1v) is 5.61. The Kier molecular flexibility index (Phi) is 2.72. The molecule has 1 aromatic rings. The predicted octanol–water partition coefficient (Wildman–Crippen LogP) is 1.99. The Morgan fingerprint density at radius 1 is 1.50 bits per heavy atom. The standard InChI is InChI=1S/C10H13NO2S/c1-13-8-4-7-14-9(8)10(12)11-5-2-3-6-11/h4,7H,2-3,5-6H2,1H3. The molecular formula is C10H13NO2S. The molecule has 0 N–H and O–H groups in total. The van der Waals surface area contributed by atoms with Crippen molar-refractivity contribution in [2.45, 2.75) is 12.8 Å². The molecule has 2 rings (SSSR count). The molecule has 1 aliphatic rings. The van der Waals surface area contributed by atoms with Gasteiger partial charge in [0.1, 0.15) is 10.6 Å². The molecule has 0 aromatic carbocycles. The first-order chi connectivity index (χ1) is 6.83. The largest absolute Gasteiger partial charge is 0.495 e. The first kappa shape index (κ1) is 9.52. The van der Waals surface area contributed by atoms with Crippen LogP contribution in [0.2, 0.25) is 0 Å². The van der Waals surface area contributed by atoms with Crippen molar-refractivity contribution in [3.05, 3.63) is 16.3 Å². The molecule has 0 atom stereocenters. The van der Waals surface area contributed by atoms with Gasteiger partial charge >= 0.3 is 0 Å². The Labute approximate surface area is 87.3 Å². The van der Waals surface area contributed by atoms with Crippen molar-refractivity contribution in [1.29, 1.82) is 0 Å². The van der Waals surface area contributed by atoms with E-state index in [4.69, 9.17) is 4.74 Å². The number of carbonyl (C=O) groups is 1. The van der Waals surface area contributed by atoms with Crippen LogP contribution in [0.1, 0.15) is 22.5 Å². The second kappa shape index (κ2) is 4.00. The number of amides is 1. The minimum atomic E-state index is 0.120. The normalized spacial score (nSPS) is 15.9. The van der Waals surface area contributed by atoms with Crippen LogP contribution in [0.25, 0.3) is 0 Å². The third-order valence-corrected chi connectivity index (χ3v) is 3.32. The lowest BCUT2D eigenvalue weighted by Crippen LogP contribution is -2.27. The third-order valence-electron chi connectivity index (χ3n) is 2.44. The van der Waals surface area contributed by atoms with Crippen LogP contribution in [0.3, 0.4) is 0 Å². The van der Waals surface area contributed by atoms with Crippen LogP contribution in [0.4, 0.5) is 0 Å². The summed E-state index contributed by atoms with van der Waals surface area (Å²) in [6, 6.07) is 1.84. The van der Waals surface area contributed by atoms with Gasteiger partial charge in [-0.1, -0.05) is 0 Å². The molecule has 1 aliphatic heterocycles. The van der Waals surface area contributed by atoms with E-state index in [1.165, 1.54) is 11.3 Å². The zero-order valence-electron chi connectivity index (χ0n) is 8.16. The van der Waals surface area contributed by atoms with E-state index in [0.29, 0.717) is 5.75 Å². The van der Waals surface area contributed by atoms with Crippen molar-refractivity contribution >= 4 is 17.2 Å². The van der Waals surface area contributed by atoms with Crippen LogP contribution < -0.4 is 4.74 Å². The van der Waals surface area contributed by atoms with Gasteiger partial charge in [0.15, 0.2) is 0 Å². The van der Waals surface area contributed by atoms with E-state index in [0.717, 1.165) is 30.8 Å². The topological polar surface area (TPSA) is 29.5 Å². The van der Waals surface area contributed by atoms with Gasteiger partial charge in [-0.15, -0.1) is 11.3 Å². The highest BCUT2D eigenvalue weighted by Gasteiger charge is 2.23. The Balaban J connectivity index is 2.17. The van der Waals surface area contributed by atoms with Gasteiger partial charge in [0.25, 0.3) is 5.91 Å². The molecule has 3 nitrogen and oxygen atoms in total. The van der Waals surface area contributed by atoms with Crippen molar-refractivity contribution in [2.75, 3.05) is 20.2 Å². The van der Waals surface area contributed by atoms with Crippen LogP contribution >= 0.6 is 11.3 Å².